The average molecular weight is 323 g/mol. The molecule has 2 N–H and O–H groups in total. The fourth-order valence-electron chi connectivity index (χ4n) is 2.31. The third-order valence-corrected chi connectivity index (χ3v) is 3.36. The molecule has 0 radical (unpaired) electrons. The maximum absolute atomic E-state index is 12.3. The number of methoxy groups -OCH3 is 1. The Morgan fingerprint density at radius 3 is 2.45 bits per heavy atom. The molecule has 0 bridgehead atoms. The van der Waals surface area contributed by atoms with Gasteiger partial charge < -0.3 is 15.4 Å². The fourth-order valence-corrected chi connectivity index (χ4v) is 2.31. The zero-order valence-corrected chi connectivity index (χ0v) is 13.8. The van der Waals surface area contributed by atoms with E-state index in [9.17, 15) is 4.79 Å². The van der Waals surface area contributed by atoms with Gasteiger partial charge in [-0.3, -0.25) is 4.79 Å². The summed E-state index contributed by atoms with van der Waals surface area (Å²) in [5.41, 5.74) is 0.682. The standard InChI is InChI=1S/C17H22N2O2.ClH/c1-3-10-18-11-12-19-17(20)15-8-9-16(21-2)14-7-5-4-6-13(14)15;/h4-9,18H,3,10-12H2,1-2H3,(H,19,20);1H. The molecule has 0 aliphatic carbocycles. The maximum atomic E-state index is 12.3. The fraction of sp³-hybridized carbons (Fsp3) is 0.353. The van der Waals surface area contributed by atoms with Crippen molar-refractivity contribution in [3.8, 4) is 5.75 Å². The molecule has 22 heavy (non-hydrogen) atoms. The first-order valence-electron chi connectivity index (χ1n) is 7.32. The quantitative estimate of drug-likeness (QED) is 0.770. The highest BCUT2D eigenvalue weighted by Crippen LogP contribution is 2.28. The van der Waals surface area contributed by atoms with Crippen molar-refractivity contribution in [2.75, 3.05) is 26.7 Å². The summed E-state index contributed by atoms with van der Waals surface area (Å²) < 4.78 is 5.35. The number of hydrogen-bond donors (Lipinski definition) is 2. The van der Waals surface area contributed by atoms with Crippen LogP contribution in [-0.2, 0) is 0 Å². The lowest BCUT2D eigenvalue weighted by atomic mass is 10.0. The second-order valence-electron chi connectivity index (χ2n) is 4.87. The lowest BCUT2D eigenvalue weighted by Gasteiger charge is -2.11. The van der Waals surface area contributed by atoms with Crippen molar-refractivity contribution in [3.05, 3.63) is 42.0 Å². The summed E-state index contributed by atoms with van der Waals surface area (Å²) in [4.78, 5) is 12.3. The molecule has 2 rings (SSSR count). The summed E-state index contributed by atoms with van der Waals surface area (Å²) in [7, 11) is 1.64. The number of hydrogen-bond acceptors (Lipinski definition) is 3. The van der Waals surface area contributed by atoms with Crippen molar-refractivity contribution < 1.29 is 9.53 Å². The van der Waals surface area contributed by atoms with Gasteiger partial charge in [0.15, 0.2) is 0 Å². The van der Waals surface area contributed by atoms with Crippen molar-refractivity contribution in [1.29, 1.82) is 0 Å². The van der Waals surface area contributed by atoms with Gasteiger partial charge in [-0.05, 0) is 30.5 Å². The Labute approximate surface area is 137 Å². The number of ether oxygens (including phenoxy) is 1. The number of amides is 1. The molecule has 0 aliphatic heterocycles. The molecule has 4 nitrogen and oxygen atoms in total. The Kier molecular flexibility index (Phi) is 7.71. The van der Waals surface area contributed by atoms with Gasteiger partial charge in [0, 0.05) is 24.0 Å². The van der Waals surface area contributed by atoms with E-state index in [1.807, 2.05) is 36.4 Å². The Morgan fingerprint density at radius 2 is 1.77 bits per heavy atom. The van der Waals surface area contributed by atoms with Crippen molar-refractivity contribution in [1.82, 2.24) is 10.6 Å². The van der Waals surface area contributed by atoms with E-state index in [4.69, 9.17) is 4.74 Å². The molecule has 2 aromatic carbocycles. The normalized spacial score (nSPS) is 10.1. The lowest BCUT2D eigenvalue weighted by Crippen LogP contribution is -2.32. The van der Waals surface area contributed by atoms with Gasteiger partial charge in [-0.2, -0.15) is 0 Å². The smallest absolute Gasteiger partial charge is 0.251 e. The molecule has 0 fully saturated rings. The van der Waals surface area contributed by atoms with Gasteiger partial charge in [-0.25, -0.2) is 0 Å². The molecule has 120 valence electrons. The number of carbonyl (C=O) groups excluding carboxylic acids is 1. The van der Waals surface area contributed by atoms with Gasteiger partial charge in [-0.15, -0.1) is 12.4 Å². The third-order valence-electron chi connectivity index (χ3n) is 3.36. The zero-order valence-electron chi connectivity index (χ0n) is 13.0. The van der Waals surface area contributed by atoms with Crippen LogP contribution in [0.5, 0.6) is 5.75 Å². The molecule has 0 unspecified atom stereocenters. The minimum absolute atomic E-state index is 0. The lowest BCUT2D eigenvalue weighted by molar-refractivity contribution is 0.0955. The van der Waals surface area contributed by atoms with Crippen LogP contribution in [0.3, 0.4) is 0 Å². The SMILES string of the molecule is CCCNCCNC(=O)c1ccc(OC)c2ccccc12.Cl. The highest BCUT2D eigenvalue weighted by molar-refractivity contribution is 6.08. The average Bonchev–Trinajstić information content (AvgIpc) is 2.53. The summed E-state index contributed by atoms with van der Waals surface area (Å²) in [6, 6.07) is 11.4. The van der Waals surface area contributed by atoms with Crippen LogP contribution < -0.4 is 15.4 Å². The van der Waals surface area contributed by atoms with E-state index in [2.05, 4.69) is 17.6 Å². The van der Waals surface area contributed by atoms with E-state index in [1.54, 1.807) is 7.11 Å². The summed E-state index contributed by atoms with van der Waals surface area (Å²) >= 11 is 0. The number of rotatable bonds is 7. The molecule has 5 heteroatoms. The first-order chi connectivity index (χ1) is 10.3. The Morgan fingerprint density at radius 1 is 1.05 bits per heavy atom. The predicted molar refractivity (Wildman–Crippen MR) is 93.2 cm³/mol. The number of fused-ring (bicyclic) bond motifs is 1. The summed E-state index contributed by atoms with van der Waals surface area (Å²) in [5, 5.41) is 8.08. The van der Waals surface area contributed by atoms with Crippen LogP contribution in [0.15, 0.2) is 36.4 Å². The molecule has 0 spiro atoms. The van der Waals surface area contributed by atoms with E-state index in [0.717, 1.165) is 36.0 Å². The van der Waals surface area contributed by atoms with Crippen molar-refractivity contribution in [2.45, 2.75) is 13.3 Å². The number of benzene rings is 2. The van der Waals surface area contributed by atoms with Crippen molar-refractivity contribution in [3.63, 3.8) is 0 Å². The van der Waals surface area contributed by atoms with Crippen LogP contribution in [0.25, 0.3) is 10.8 Å². The van der Waals surface area contributed by atoms with Gasteiger partial charge >= 0.3 is 0 Å². The van der Waals surface area contributed by atoms with E-state index in [0.29, 0.717) is 12.1 Å². The first kappa shape index (κ1) is 18.3. The Hall–Kier alpha value is -1.78. The van der Waals surface area contributed by atoms with E-state index < -0.39 is 0 Å². The zero-order chi connectivity index (χ0) is 15.1. The van der Waals surface area contributed by atoms with E-state index in [1.165, 1.54) is 0 Å². The van der Waals surface area contributed by atoms with Gasteiger partial charge in [-0.1, -0.05) is 31.2 Å². The van der Waals surface area contributed by atoms with Gasteiger partial charge in [0.25, 0.3) is 5.91 Å². The molecule has 1 amide bonds. The number of nitrogens with one attached hydrogen (secondary N) is 2. The highest BCUT2D eigenvalue weighted by atomic mass is 35.5. The maximum Gasteiger partial charge on any atom is 0.251 e. The topological polar surface area (TPSA) is 50.4 Å². The van der Waals surface area contributed by atoms with Crippen LogP contribution in [0.1, 0.15) is 23.7 Å². The molecule has 0 aromatic heterocycles. The summed E-state index contributed by atoms with van der Waals surface area (Å²) in [6.45, 7) is 4.50. The van der Waals surface area contributed by atoms with Crippen LogP contribution in [0.2, 0.25) is 0 Å². The van der Waals surface area contributed by atoms with E-state index in [-0.39, 0.29) is 18.3 Å². The van der Waals surface area contributed by atoms with Gasteiger partial charge in [0.05, 0.1) is 7.11 Å². The van der Waals surface area contributed by atoms with Gasteiger partial charge in [0.2, 0.25) is 0 Å². The summed E-state index contributed by atoms with van der Waals surface area (Å²) in [6.07, 6.45) is 1.09. The molecule has 0 saturated heterocycles. The second kappa shape index (κ2) is 9.28. The van der Waals surface area contributed by atoms with Crippen LogP contribution >= 0.6 is 12.4 Å². The molecule has 0 saturated carbocycles. The van der Waals surface area contributed by atoms with Crippen LogP contribution in [0.4, 0.5) is 0 Å². The Bertz CT molecular complexity index is 617. The summed E-state index contributed by atoms with van der Waals surface area (Å²) in [5.74, 6) is 0.735. The first-order valence-corrected chi connectivity index (χ1v) is 7.32. The van der Waals surface area contributed by atoms with Crippen molar-refractivity contribution in [2.24, 2.45) is 0 Å². The molecular weight excluding hydrogens is 300 g/mol. The molecule has 0 aliphatic rings. The molecular formula is C17H23ClN2O2. The van der Waals surface area contributed by atoms with Crippen LogP contribution in [-0.4, -0.2) is 32.7 Å². The van der Waals surface area contributed by atoms with Crippen molar-refractivity contribution >= 4 is 29.1 Å². The molecule has 0 atom stereocenters. The Balaban J connectivity index is 0.00000242. The monoisotopic (exact) mass is 322 g/mol. The molecule has 2 aromatic rings. The minimum Gasteiger partial charge on any atom is -0.496 e. The largest absolute Gasteiger partial charge is 0.496 e. The van der Waals surface area contributed by atoms with Crippen LogP contribution in [0, 0.1) is 0 Å². The second-order valence-corrected chi connectivity index (χ2v) is 4.87. The minimum atomic E-state index is -0.0489. The number of halogens is 1. The van der Waals surface area contributed by atoms with Gasteiger partial charge in [0.1, 0.15) is 5.75 Å². The highest BCUT2D eigenvalue weighted by Gasteiger charge is 2.11. The molecule has 0 heterocycles. The predicted octanol–water partition coefficient (Wildman–Crippen LogP) is 3.00. The van der Waals surface area contributed by atoms with E-state index >= 15 is 0 Å². The third kappa shape index (κ3) is 4.36. The number of carbonyl (C=O) groups is 1.